The molecule has 4 nitrogen and oxygen atoms in total. The SMILES string of the molecule is O=C(CNc1nccs1)N1CCc2ccccc2C1. The van der Waals surface area contributed by atoms with E-state index in [-0.39, 0.29) is 5.91 Å². The first kappa shape index (κ1) is 12.2. The van der Waals surface area contributed by atoms with Gasteiger partial charge in [-0.25, -0.2) is 4.98 Å². The Morgan fingerprint density at radius 2 is 2.21 bits per heavy atom. The van der Waals surface area contributed by atoms with Gasteiger partial charge in [0.1, 0.15) is 0 Å². The van der Waals surface area contributed by atoms with Crippen molar-refractivity contribution in [1.29, 1.82) is 0 Å². The number of benzene rings is 1. The van der Waals surface area contributed by atoms with Crippen LogP contribution in [0.4, 0.5) is 5.13 Å². The Labute approximate surface area is 116 Å². The fourth-order valence-electron chi connectivity index (χ4n) is 2.28. The lowest BCUT2D eigenvalue weighted by atomic mass is 10.00. The Kier molecular flexibility index (Phi) is 3.46. The highest BCUT2D eigenvalue weighted by Gasteiger charge is 2.19. The van der Waals surface area contributed by atoms with Gasteiger partial charge in [0, 0.05) is 24.7 Å². The van der Waals surface area contributed by atoms with Gasteiger partial charge in [0.15, 0.2) is 5.13 Å². The fraction of sp³-hybridized carbons (Fsp3) is 0.286. The number of fused-ring (bicyclic) bond motifs is 1. The number of thiazole rings is 1. The third kappa shape index (κ3) is 2.76. The van der Waals surface area contributed by atoms with Crippen LogP contribution in [-0.4, -0.2) is 28.9 Å². The minimum absolute atomic E-state index is 0.129. The zero-order valence-corrected chi connectivity index (χ0v) is 11.3. The van der Waals surface area contributed by atoms with E-state index in [9.17, 15) is 4.79 Å². The van der Waals surface area contributed by atoms with Gasteiger partial charge in [0.25, 0.3) is 0 Å². The number of nitrogens with one attached hydrogen (secondary N) is 1. The van der Waals surface area contributed by atoms with E-state index in [4.69, 9.17) is 0 Å². The van der Waals surface area contributed by atoms with E-state index in [1.807, 2.05) is 16.3 Å². The number of rotatable bonds is 3. The second-order valence-corrected chi connectivity index (χ2v) is 5.42. The number of hydrogen-bond donors (Lipinski definition) is 1. The number of amides is 1. The lowest BCUT2D eigenvalue weighted by molar-refractivity contribution is -0.130. The van der Waals surface area contributed by atoms with E-state index < -0.39 is 0 Å². The third-order valence-corrected chi connectivity index (χ3v) is 4.04. The highest BCUT2D eigenvalue weighted by atomic mass is 32.1. The molecule has 1 aliphatic rings. The zero-order chi connectivity index (χ0) is 13.1. The summed E-state index contributed by atoms with van der Waals surface area (Å²) in [6, 6.07) is 8.33. The standard InChI is InChI=1S/C14H15N3OS/c18-13(9-16-14-15-6-8-19-14)17-7-5-11-3-1-2-4-12(11)10-17/h1-4,6,8H,5,7,9-10H2,(H,15,16). The predicted molar refractivity (Wildman–Crippen MR) is 76.2 cm³/mol. The number of anilines is 1. The van der Waals surface area contributed by atoms with Gasteiger partial charge < -0.3 is 10.2 Å². The molecule has 2 aromatic rings. The third-order valence-electron chi connectivity index (χ3n) is 3.31. The fourth-order valence-corrected chi connectivity index (χ4v) is 2.81. The van der Waals surface area contributed by atoms with Crippen molar-refractivity contribution in [1.82, 2.24) is 9.88 Å². The van der Waals surface area contributed by atoms with E-state index in [0.717, 1.165) is 18.1 Å². The smallest absolute Gasteiger partial charge is 0.242 e. The summed E-state index contributed by atoms with van der Waals surface area (Å²) < 4.78 is 0. The molecule has 0 radical (unpaired) electrons. The number of nitrogens with zero attached hydrogens (tertiary/aromatic N) is 2. The van der Waals surface area contributed by atoms with Gasteiger partial charge >= 0.3 is 0 Å². The van der Waals surface area contributed by atoms with Crippen LogP contribution in [0.3, 0.4) is 0 Å². The molecule has 19 heavy (non-hydrogen) atoms. The minimum atomic E-state index is 0.129. The average Bonchev–Trinajstić information content (AvgIpc) is 2.97. The van der Waals surface area contributed by atoms with E-state index >= 15 is 0 Å². The largest absolute Gasteiger partial charge is 0.352 e. The summed E-state index contributed by atoms with van der Waals surface area (Å²) in [4.78, 5) is 18.2. The van der Waals surface area contributed by atoms with Gasteiger partial charge in [-0.3, -0.25) is 4.79 Å². The Morgan fingerprint density at radius 3 is 3.00 bits per heavy atom. The highest BCUT2D eigenvalue weighted by Crippen LogP contribution is 2.18. The van der Waals surface area contributed by atoms with Crippen LogP contribution < -0.4 is 5.32 Å². The molecule has 1 N–H and O–H groups in total. The van der Waals surface area contributed by atoms with Gasteiger partial charge in [-0.2, -0.15) is 0 Å². The molecule has 98 valence electrons. The number of aromatic nitrogens is 1. The molecule has 3 rings (SSSR count). The lowest BCUT2D eigenvalue weighted by Crippen LogP contribution is -2.39. The van der Waals surface area contributed by atoms with Gasteiger partial charge in [-0.05, 0) is 17.5 Å². The van der Waals surface area contributed by atoms with E-state index in [1.54, 1.807) is 6.20 Å². The maximum atomic E-state index is 12.1. The number of carbonyl (C=O) groups excluding carboxylic acids is 1. The van der Waals surface area contributed by atoms with Crippen LogP contribution in [-0.2, 0) is 17.8 Å². The molecule has 0 saturated heterocycles. The summed E-state index contributed by atoms with van der Waals surface area (Å²) in [7, 11) is 0. The van der Waals surface area contributed by atoms with Crippen LogP contribution >= 0.6 is 11.3 Å². The molecular weight excluding hydrogens is 258 g/mol. The first-order valence-electron chi connectivity index (χ1n) is 6.31. The van der Waals surface area contributed by atoms with Gasteiger partial charge in [-0.15, -0.1) is 11.3 Å². The monoisotopic (exact) mass is 273 g/mol. The molecule has 0 fully saturated rings. The van der Waals surface area contributed by atoms with Crippen molar-refractivity contribution in [3.05, 3.63) is 47.0 Å². The molecule has 0 spiro atoms. The first-order valence-corrected chi connectivity index (χ1v) is 7.19. The molecular formula is C14H15N3OS. The normalized spacial score (nSPS) is 14.0. The summed E-state index contributed by atoms with van der Waals surface area (Å²) in [5.74, 6) is 0.129. The van der Waals surface area contributed by atoms with E-state index in [1.165, 1.54) is 22.5 Å². The molecule has 0 bridgehead atoms. The predicted octanol–water partition coefficient (Wildman–Crippen LogP) is 2.14. The van der Waals surface area contributed by atoms with Crippen molar-refractivity contribution in [2.75, 3.05) is 18.4 Å². The molecule has 5 heteroatoms. The maximum absolute atomic E-state index is 12.1. The summed E-state index contributed by atoms with van der Waals surface area (Å²) in [6.07, 6.45) is 2.67. The van der Waals surface area contributed by atoms with Crippen LogP contribution in [0.25, 0.3) is 0 Å². The average molecular weight is 273 g/mol. The van der Waals surface area contributed by atoms with E-state index in [0.29, 0.717) is 13.1 Å². The molecule has 0 saturated carbocycles. The molecule has 0 aliphatic carbocycles. The van der Waals surface area contributed by atoms with Crippen LogP contribution in [0.1, 0.15) is 11.1 Å². The van der Waals surface area contributed by atoms with Crippen molar-refractivity contribution >= 4 is 22.4 Å². The topological polar surface area (TPSA) is 45.2 Å². The first-order chi connectivity index (χ1) is 9.33. The summed E-state index contributed by atoms with van der Waals surface area (Å²) in [6.45, 7) is 1.83. The Hall–Kier alpha value is -1.88. The van der Waals surface area contributed by atoms with Crippen molar-refractivity contribution < 1.29 is 4.79 Å². The summed E-state index contributed by atoms with van der Waals surface area (Å²) >= 11 is 1.51. The Morgan fingerprint density at radius 1 is 1.37 bits per heavy atom. The zero-order valence-electron chi connectivity index (χ0n) is 10.5. The number of hydrogen-bond acceptors (Lipinski definition) is 4. The minimum Gasteiger partial charge on any atom is -0.352 e. The van der Waals surface area contributed by atoms with Gasteiger partial charge in [0.05, 0.1) is 6.54 Å². The Balaban J connectivity index is 1.60. The van der Waals surface area contributed by atoms with Crippen molar-refractivity contribution in [2.45, 2.75) is 13.0 Å². The molecule has 2 heterocycles. The lowest BCUT2D eigenvalue weighted by Gasteiger charge is -2.28. The van der Waals surface area contributed by atoms with Crippen LogP contribution in [0.5, 0.6) is 0 Å². The van der Waals surface area contributed by atoms with Crippen LogP contribution in [0.15, 0.2) is 35.8 Å². The van der Waals surface area contributed by atoms with Crippen molar-refractivity contribution in [2.24, 2.45) is 0 Å². The molecule has 0 unspecified atom stereocenters. The maximum Gasteiger partial charge on any atom is 0.242 e. The second kappa shape index (κ2) is 5.40. The molecule has 1 amide bonds. The Bertz CT molecular complexity index is 568. The van der Waals surface area contributed by atoms with Crippen molar-refractivity contribution in [3.63, 3.8) is 0 Å². The molecule has 0 atom stereocenters. The number of carbonyl (C=O) groups is 1. The summed E-state index contributed by atoms with van der Waals surface area (Å²) in [5, 5.41) is 5.75. The molecule has 1 aromatic heterocycles. The van der Waals surface area contributed by atoms with Crippen molar-refractivity contribution in [3.8, 4) is 0 Å². The van der Waals surface area contributed by atoms with Crippen LogP contribution in [0.2, 0.25) is 0 Å². The van der Waals surface area contributed by atoms with E-state index in [2.05, 4.69) is 28.5 Å². The highest BCUT2D eigenvalue weighted by molar-refractivity contribution is 7.13. The van der Waals surface area contributed by atoms with Crippen LogP contribution in [0, 0.1) is 0 Å². The second-order valence-electron chi connectivity index (χ2n) is 4.52. The quantitative estimate of drug-likeness (QED) is 0.932. The summed E-state index contributed by atoms with van der Waals surface area (Å²) in [5.41, 5.74) is 2.62. The molecule has 1 aliphatic heterocycles. The van der Waals surface area contributed by atoms with Gasteiger partial charge in [-0.1, -0.05) is 24.3 Å². The molecule has 1 aromatic carbocycles. The van der Waals surface area contributed by atoms with Gasteiger partial charge in [0.2, 0.25) is 5.91 Å².